The second-order valence-electron chi connectivity index (χ2n) is 8.26. The van der Waals surface area contributed by atoms with E-state index in [0.717, 1.165) is 0 Å². The van der Waals surface area contributed by atoms with Crippen LogP contribution in [0.1, 0.15) is 32.9 Å². The van der Waals surface area contributed by atoms with Gasteiger partial charge < -0.3 is 4.42 Å². The van der Waals surface area contributed by atoms with Crippen LogP contribution >= 0.6 is 0 Å². The summed E-state index contributed by atoms with van der Waals surface area (Å²) in [4.78, 5) is 0. The topological polar surface area (TPSA) is 13.1 Å². The molecule has 1 nitrogen and oxygen atoms in total. The van der Waals surface area contributed by atoms with Gasteiger partial charge in [-0.3, -0.25) is 0 Å². The maximum Gasteiger partial charge on any atom is 0.136 e. The molecule has 39 heavy (non-hydrogen) atoms. The van der Waals surface area contributed by atoms with E-state index >= 15 is 0 Å². The molecule has 0 aliphatic rings. The average molecular weight is 521 g/mol. The minimum atomic E-state index is -1.03. The lowest BCUT2D eigenvalue weighted by Crippen LogP contribution is -1.93. The van der Waals surface area contributed by atoms with Gasteiger partial charge in [0.2, 0.25) is 0 Å². The van der Waals surface area contributed by atoms with Crippen LogP contribution in [-0.4, -0.2) is 0 Å². The van der Waals surface area contributed by atoms with E-state index in [9.17, 15) is 9.60 Å². The minimum Gasteiger partial charge on any atom is -0.456 e. The molecule has 8 rings (SSSR count). The third-order valence-corrected chi connectivity index (χ3v) is 6.20. The number of hydrogen-bond acceptors (Lipinski definition) is 1. The molecule has 1 heteroatoms. The van der Waals surface area contributed by atoms with E-state index in [1.165, 1.54) is 0 Å². The molecule has 0 spiro atoms. The second kappa shape index (κ2) is 8.72. The van der Waals surface area contributed by atoms with Crippen molar-refractivity contribution in [1.29, 1.82) is 0 Å². The molecule has 0 radical (unpaired) electrons. The van der Waals surface area contributed by atoms with Gasteiger partial charge in [-0.25, -0.2) is 0 Å². The fraction of sp³-hybridized carbons (Fsp3) is 0. The fourth-order valence-electron chi connectivity index (χ4n) is 4.64. The van der Waals surface area contributed by atoms with Gasteiger partial charge >= 0.3 is 0 Å². The molecule has 182 valence electrons. The molecule has 0 aliphatic carbocycles. The molecule has 0 aliphatic heterocycles. The Bertz CT molecular complexity index is 3440. The lowest BCUT2D eigenvalue weighted by molar-refractivity contribution is 0.669. The Kier molecular flexibility index (Phi) is 1.94. The quantitative estimate of drug-likeness (QED) is 0.211. The fourth-order valence-corrected chi connectivity index (χ4v) is 4.64. The summed E-state index contributed by atoms with van der Waals surface area (Å²) in [5, 5.41) is -3.68. The Morgan fingerprint density at radius 3 is 1.69 bits per heavy atom. The van der Waals surface area contributed by atoms with Crippen molar-refractivity contribution in [3.63, 3.8) is 0 Å². The predicted octanol–water partition coefficient (Wildman–Crippen LogP) is 10.9. The summed E-state index contributed by atoms with van der Waals surface area (Å²) in [5.74, 6) is 0. The Hall–Kier alpha value is -5.14. The Labute approximate surface area is 260 Å². The zero-order valence-corrected chi connectivity index (χ0v) is 19.4. The normalized spacial score (nSPS) is 20.2. The summed E-state index contributed by atoms with van der Waals surface area (Å²) in [7, 11) is 0. The van der Waals surface area contributed by atoms with Crippen LogP contribution in [0.5, 0.6) is 0 Å². The summed E-state index contributed by atoms with van der Waals surface area (Å²) < 4.78 is 218. The van der Waals surface area contributed by atoms with E-state index in [1.807, 2.05) is 0 Å². The molecule has 1 aromatic heterocycles. The van der Waals surface area contributed by atoms with Gasteiger partial charge in [0.15, 0.2) is 0 Å². The number of fused-ring (bicyclic) bond motifs is 5. The number of para-hydroxylation sites is 1. The number of hydrogen-bond donors (Lipinski definition) is 0. The van der Waals surface area contributed by atoms with Gasteiger partial charge in [0.25, 0.3) is 0 Å². The lowest BCUT2D eigenvalue weighted by Gasteiger charge is -2.20. The number of furan rings is 1. The number of rotatable bonds is 3. The predicted molar refractivity (Wildman–Crippen MR) is 165 cm³/mol. The van der Waals surface area contributed by atoms with Crippen LogP contribution in [0.2, 0.25) is 0 Å². The smallest absolute Gasteiger partial charge is 0.136 e. The highest BCUT2D eigenvalue weighted by atomic mass is 16.3. The van der Waals surface area contributed by atoms with Gasteiger partial charge in [-0.15, -0.1) is 0 Å². The van der Waals surface area contributed by atoms with Crippen LogP contribution < -0.4 is 0 Å². The van der Waals surface area contributed by atoms with E-state index in [-0.39, 0.29) is 5.39 Å². The van der Waals surface area contributed by atoms with Gasteiger partial charge in [0.05, 0.1) is 32.9 Å². The first kappa shape index (κ1) is 8.69. The molecule has 0 fully saturated rings. The van der Waals surface area contributed by atoms with Gasteiger partial charge in [0.1, 0.15) is 11.2 Å². The maximum absolute atomic E-state index is 9.50. The van der Waals surface area contributed by atoms with E-state index in [1.54, 1.807) is 0 Å². The van der Waals surface area contributed by atoms with Gasteiger partial charge in [-0.1, -0.05) is 127 Å². The van der Waals surface area contributed by atoms with Crippen molar-refractivity contribution in [3.8, 4) is 33.4 Å². The zero-order valence-electron chi connectivity index (χ0n) is 43.4. The van der Waals surface area contributed by atoms with Crippen molar-refractivity contribution in [2.45, 2.75) is 0 Å². The molecule has 1 heterocycles. The summed E-state index contributed by atoms with van der Waals surface area (Å²) in [5.41, 5.74) is -5.74. The van der Waals surface area contributed by atoms with Crippen LogP contribution in [0.15, 0.2) is 149 Å². The molecule has 0 saturated heterocycles. The molecule has 0 saturated carbocycles. The van der Waals surface area contributed by atoms with Gasteiger partial charge in [0, 0.05) is 10.8 Å². The average Bonchev–Trinajstić information content (AvgIpc) is 3.67. The zero-order chi connectivity index (χ0) is 46.6. The molecule has 7 aromatic carbocycles. The molecule has 0 bridgehead atoms. The SMILES string of the molecule is [2H]c1c([2H])c([2H])c(-c2c3c([2H])c([2H])c([2H])c([2H])c3c(-c3c([2H])c([2H])c([2H])c([2H])c3[2H])c3c(-c4c([2H])c([2H])c5c(oc6c([2H])c([2H])c([2H])c([2H])c65)c4[2H])c([2H])c([2H])c([2H])c23)c([2H])c1[2H]. The Morgan fingerprint density at radius 1 is 0.385 bits per heavy atom. The van der Waals surface area contributed by atoms with Crippen molar-refractivity contribution in [3.05, 3.63) is 145 Å². The van der Waals surface area contributed by atoms with Gasteiger partial charge in [-0.2, -0.15) is 0 Å². The van der Waals surface area contributed by atoms with Crippen LogP contribution in [0, 0.1) is 0 Å². The third kappa shape index (κ3) is 3.41. The molecular weight excluding hydrogens is 472 g/mol. The monoisotopic (exact) mass is 520 g/mol. The summed E-state index contributed by atoms with van der Waals surface area (Å²) in [6.45, 7) is 0. The first-order chi connectivity index (χ1) is 29.3. The highest BCUT2D eigenvalue weighted by molar-refractivity contribution is 6.24. The number of benzene rings is 7. The Morgan fingerprint density at radius 2 is 0.949 bits per heavy atom. The molecule has 8 aromatic rings. The van der Waals surface area contributed by atoms with Crippen molar-refractivity contribution in [2.24, 2.45) is 0 Å². The van der Waals surface area contributed by atoms with Crippen molar-refractivity contribution in [1.82, 2.24) is 0 Å². The van der Waals surface area contributed by atoms with Crippen molar-refractivity contribution >= 4 is 43.5 Å². The van der Waals surface area contributed by atoms with E-state index in [2.05, 4.69) is 0 Å². The van der Waals surface area contributed by atoms with Crippen LogP contribution in [-0.2, 0) is 0 Å². The van der Waals surface area contributed by atoms with Gasteiger partial charge in [-0.05, 0) is 73.1 Å². The lowest BCUT2D eigenvalue weighted by atomic mass is 9.83. The standard InChI is InChI=1S/C38H24O/c1-3-12-25(13-4-1)36-31-17-7-8-18-32(31)37(26-14-5-2-6-15-26)38-28(19-11-20-33(36)38)27-22-23-30-29-16-9-10-21-34(29)39-35(30)24-27/h1-24H/i1D,2D,3D,4D,5D,6D,7D,8D,9D,10D,11D,12D,13D,14D,15D,16D,17D,18D,19D,20D,21D,22D,23D,24D. The molecule has 0 amide bonds. The molecule has 0 atom stereocenters. The minimum absolute atomic E-state index is 0.376. The van der Waals surface area contributed by atoms with Crippen molar-refractivity contribution in [2.75, 3.05) is 0 Å². The maximum atomic E-state index is 9.50. The first-order valence-corrected chi connectivity index (χ1v) is 11.4. The molecular formula is C38H24O. The van der Waals surface area contributed by atoms with Crippen molar-refractivity contribution < 1.29 is 37.3 Å². The summed E-state index contributed by atoms with van der Waals surface area (Å²) in [6, 6.07) is -21.9. The van der Waals surface area contributed by atoms with Crippen LogP contribution in [0.25, 0.3) is 76.9 Å². The largest absolute Gasteiger partial charge is 0.456 e. The van der Waals surface area contributed by atoms with E-state index in [0.29, 0.717) is 0 Å². The molecule has 0 unspecified atom stereocenters. The molecule has 0 N–H and O–H groups in total. The highest BCUT2D eigenvalue weighted by Crippen LogP contribution is 2.47. The highest BCUT2D eigenvalue weighted by Gasteiger charge is 2.20. The third-order valence-electron chi connectivity index (χ3n) is 6.20. The van der Waals surface area contributed by atoms with Crippen LogP contribution in [0.4, 0.5) is 0 Å². The van der Waals surface area contributed by atoms with E-state index < -0.39 is 216 Å². The Balaban J connectivity index is 1.82. The van der Waals surface area contributed by atoms with E-state index in [4.69, 9.17) is 27.7 Å². The van der Waals surface area contributed by atoms with Crippen LogP contribution in [0.3, 0.4) is 0 Å². The second-order valence-corrected chi connectivity index (χ2v) is 8.26. The summed E-state index contributed by atoms with van der Waals surface area (Å²) >= 11 is 0. The summed E-state index contributed by atoms with van der Waals surface area (Å²) in [6.07, 6.45) is 0. The first-order valence-electron chi connectivity index (χ1n) is 23.4.